The number of carbonyl (C=O) groups is 4. The first-order valence-corrected chi connectivity index (χ1v) is 7.69. The van der Waals surface area contributed by atoms with Crippen molar-refractivity contribution in [1.29, 1.82) is 0 Å². The summed E-state index contributed by atoms with van der Waals surface area (Å²) in [5.41, 5.74) is 0. The van der Waals surface area contributed by atoms with E-state index in [2.05, 4.69) is 0 Å². The molecule has 0 saturated heterocycles. The van der Waals surface area contributed by atoms with E-state index >= 15 is 0 Å². The van der Waals surface area contributed by atoms with Crippen molar-refractivity contribution in [2.45, 2.75) is 71.8 Å². The van der Waals surface area contributed by atoms with Crippen LogP contribution in [0.3, 0.4) is 0 Å². The van der Waals surface area contributed by atoms with Gasteiger partial charge in [-0.05, 0) is 26.7 Å². The summed E-state index contributed by atoms with van der Waals surface area (Å²) < 4.78 is 10.3. The van der Waals surface area contributed by atoms with Gasteiger partial charge in [0.05, 0.1) is 12.8 Å². The summed E-state index contributed by atoms with van der Waals surface area (Å²) >= 11 is 0. The van der Waals surface area contributed by atoms with Crippen molar-refractivity contribution in [3.8, 4) is 0 Å². The molecule has 0 aromatic rings. The molecule has 0 aromatic carbocycles. The fourth-order valence-electron chi connectivity index (χ4n) is 1.67. The minimum absolute atomic E-state index is 0.0114. The predicted octanol–water partition coefficient (Wildman–Crippen LogP) is 2.37. The van der Waals surface area contributed by atoms with Crippen molar-refractivity contribution in [2.24, 2.45) is 0 Å². The third kappa shape index (κ3) is 12.1. The van der Waals surface area contributed by atoms with Gasteiger partial charge < -0.3 is 19.1 Å². The molecule has 6 heteroatoms. The fourth-order valence-corrected chi connectivity index (χ4v) is 1.67. The second-order valence-corrected chi connectivity index (χ2v) is 5.34. The van der Waals surface area contributed by atoms with Crippen molar-refractivity contribution in [2.75, 3.05) is 6.61 Å². The molecular weight excluding hydrogens is 288 g/mol. The quantitative estimate of drug-likeness (QED) is 0.514. The van der Waals surface area contributed by atoms with Crippen LogP contribution in [0.2, 0.25) is 0 Å². The largest absolute Gasteiger partial charge is 0.462 e. The zero-order valence-corrected chi connectivity index (χ0v) is 13.7. The number of ketones is 2. The summed E-state index contributed by atoms with van der Waals surface area (Å²) in [6, 6.07) is 0. The van der Waals surface area contributed by atoms with E-state index in [0.29, 0.717) is 6.42 Å². The Morgan fingerprint density at radius 1 is 0.864 bits per heavy atom. The number of Topliss-reactive ketones (excluding diaryl/α,β-unsaturated/α-hetero) is 2. The summed E-state index contributed by atoms with van der Waals surface area (Å²) in [5, 5.41) is 0. The minimum Gasteiger partial charge on any atom is -0.462 e. The molecule has 0 saturated carbocycles. The lowest BCUT2D eigenvalue weighted by Gasteiger charge is -2.17. The highest BCUT2D eigenvalue weighted by Gasteiger charge is 2.17. The van der Waals surface area contributed by atoms with Gasteiger partial charge in [-0.1, -0.05) is 13.3 Å². The number of carbonyl (C=O) groups excluding carboxylic acids is 4. The van der Waals surface area contributed by atoms with Crippen LogP contribution < -0.4 is 0 Å². The second kappa shape index (κ2) is 11.9. The van der Waals surface area contributed by atoms with Crippen LogP contribution in [0.5, 0.6) is 0 Å². The van der Waals surface area contributed by atoms with Gasteiger partial charge in [0, 0.05) is 12.8 Å². The Labute approximate surface area is 131 Å². The van der Waals surface area contributed by atoms with Crippen LogP contribution in [0, 0.1) is 0 Å². The monoisotopic (exact) mass is 314 g/mol. The normalized spacial score (nSPS) is 11.6. The van der Waals surface area contributed by atoms with Crippen LogP contribution >= 0.6 is 0 Å². The van der Waals surface area contributed by atoms with Gasteiger partial charge in [-0.15, -0.1) is 0 Å². The highest BCUT2D eigenvalue weighted by atomic mass is 16.6. The Balaban J connectivity index is 4.21. The number of hydrogen-bond acceptors (Lipinski definition) is 6. The molecule has 0 aliphatic carbocycles. The summed E-state index contributed by atoms with van der Waals surface area (Å²) in [4.78, 5) is 44.7. The molecule has 0 amide bonds. The van der Waals surface area contributed by atoms with E-state index in [1.54, 1.807) is 0 Å². The Hall–Kier alpha value is -1.72. The van der Waals surface area contributed by atoms with Crippen molar-refractivity contribution in [3.05, 3.63) is 0 Å². The average molecular weight is 314 g/mol. The van der Waals surface area contributed by atoms with E-state index in [4.69, 9.17) is 9.47 Å². The van der Waals surface area contributed by atoms with E-state index < -0.39 is 18.0 Å². The first-order chi connectivity index (χ1) is 10.3. The third-order valence-electron chi connectivity index (χ3n) is 2.97. The maximum atomic E-state index is 11.6. The van der Waals surface area contributed by atoms with Crippen LogP contribution in [-0.2, 0) is 28.7 Å². The molecule has 0 aliphatic heterocycles. The molecule has 1 unspecified atom stereocenters. The van der Waals surface area contributed by atoms with E-state index in [9.17, 15) is 19.2 Å². The van der Waals surface area contributed by atoms with Gasteiger partial charge in [-0.3, -0.25) is 9.59 Å². The number of ether oxygens (including phenoxy) is 2. The van der Waals surface area contributed by atoms with Gasteiger partial charge in [-0.2, -0.15) is 0 Å². The van der Waals surface area contributed by atoms with Gasteiger partial charge >= 0.3 is 11.9 Å². The van der Waals surface area contributed by atoms with Gasteiger partial charge in [0.15, 0.2) is 0 Å². The van der Waals surface area contributed by atoms with E-state index in [0.717, 1.165) is 12.8 Å². The molecule has 0 fully saturated rings. The lowest BCUT2D eigenvalue weighted by Crippen LogP contribution is -2.25. The molecule has 1 atom stereocenters. The topological polar surface area (TPSA) is 86.7 Å². The van der Waals surface area contributed by atoms with E-state index in [1.807, 2.05) is 6.92 Å². The maximum absolute atomic E-state index is 11.6. The molecule has 6 nitrogen and oxygen atoms in total. The van der Waals surface area contributed by atoms with Crippen LogP contribution in [0.15, 0.2) is 0 Å². The highest BCUT2D eigenvalue weighted by Crippen LogP contribution is 2.09. The van der Waals surface area contributed by atoms with Gasteiger partial charge in [-0.25, -0.2) is 0 Å². The van der Waals surface area contributed by atoms with Crippen molar-refractivity contribution < 1.29 is 28.7 Å². The van der Waals surface area contributed by atoms with Crippen molar-refractivity contribution in [1.82, 2.24) is 0 Å². The van der Waals surface area contributed by atoms with Crippen LogP contribution in [0.4, 0.5) is 0 Å². The molecule has 126 valence electrons. The maximum Gasteiger partial charge on any atom is 0.306 e. The molecule has 0 heterocycles. The Morgan fingerprint density at radius 2 is 1.41 bits per heavy atom. The van der Waals surface area contributed by atoms with Crippen LogP contribution in [-0.4, -0.2) is 36.2 Å². The summed E-state index contributed by atoms with van der Waals surface area (Å²) in [6.07, 6.45) is 2.25. The second-order valence-electron chi connectivity index (χ2n) is 5.34. The Morgan fingerprint density at radius 3 is 1.91 bits per heavy atom. The molecular formula is C16H26O6. The number of esters is 2. The summed E-state index contributed by atoms with van der Waals surface area (Å²) in [6.45, 7) is 4.82. The number of hydrogen-bond donors (Lipinski definition) is 0. The zero-order valence-electron chi connectivity index (χ0n) is 13.7. The number of unbranched alkanes of at least 4 members (excludes halogenated alkanes) is 1. The third-order valence-corrected chi connectivity index (χ3v) is 2.97. The molecule has 0 N–H and O–H groups in total. The Kier molecular flexibility index (Phi) is 11.0. The number of rotatable bonds is 12. The van der Waals surface area contributed by atoms with Gasteiger partial charge in [0.25, 0.3) is 0 Å². The van der Waals surface area contributed by atoms with Crippen molar-refractivity contribution >= 4 is 23.5 Å². The first-order valence-electron chi connectivity index (χ1n) is 7.69. The lowest BCUT2D eigenvalue weighted by molar-refractivity contribution is -0.160. The fraction of sp³-hybridized carbons (Fsp3) is 0.750. The molecule has 0 aromatic heterocycles. The van der Waals surface area contributed by atoms with E-state index in [-0.39, 0.29) is 43.9 Å². The average Bonchev–Trinajstić information content (AvgIpc) is 2.45. The lowest BCUT2D eigenvalue weighted by atomic mass is 10.1. The smallest absolute Gasteiger partial charge is 0.306 e. The highest BCUT2D eigenvalue weighted by molar-refractivity contribution is 5.81. The molecule has 0 bridgehead atoms. The molecule has 22 heavy (non-hydrogen) atoms. The van der Waals surface area contributed by atoms with Gasteiger partial charge in [0.2, 0.25) is 0 Å². The minimum atomic E-state index is -0.499. The predicted molar refractivity (Wildman–Crippen MR) is 80.2 cm³/mol. The summed E-state index contributed by atoms with van der Waals surface area (Å²) in [7, 11) is 0. The van der Waals surface area contributed by atoms with Crippen molar-refractivity contribution in [3.63, 3.8) is 0 Å². The first kappa shape index (κ1) is 20.3. The Bertz CT molecular complexity index is 388. The molecule has 0 aliphatic rings. The molecule has 0 radical (unpaired) electrons. The molecule has 0 spiro atoms. The SMILES string of the molecule is CCCCC(COC(=O)CCC(C)=O)OC(=O)CCC(C)=O. The van der Waals surface area contributed by atoms with Crippen LogP contribution in [0.25, 0.3) is 0 Å². The standard InChI is InChI=1S/C16H26O6/c1-4-5-6-14(22-16(20)10-8-13(3)18)11-21-15(19)9-7-12(2)17/h14H,4-11H2,1-3H3. The van der Waals surface area contributed by atoms with E-state index in [1.165, 1.54) is 13.8 Å². The molecule has 0 rings (SSSR count). The zero-order chi connectivity index (χ0) is 17.0. The summed E-state index contributed by atoms with van der Waals surface area (Å²) in [5.74, 6) is -1.08. The van der Waals surface area contributed by atoms with Crippen LogP contribution in [0.1, 0.15) is 65.7 Å². The van der Waals surface area contributed by atoms with Gasteiger partial charge in [0.1, 0.15) is 24.3 Å².